The first-order chi connectivity index (χ1) is 6.89. The molecule has 0 radical (unpaired) electrons. The fourth-order valence-electron chi connectivity index (χ4n) is 1.11. The second-order valence-electron chi connectivity index (χ2n) is 3.06. The molecule has 0 spiro atoms. The summed E-state index contributed by atoms with van der Waals surface area (Å²) in [4.78, 5) is 21.2. The molecular weight excluding hydrogens is 222 g/mol. The molecule has 1 heterocycles. The van der Waals surface area contributed by atoms with Gasteiger partial charge in [-0.25, -0.2) is 13.2 Å². The molecule has 15 heavy (non-hydrogen) atoms. The van der Waals surface area contributed by atoms with Crippen molar-refractivity contribution in [3.05, 3.63) is 11.5 Å². The summed E-state index contributed by atoms with van der Waals surface area (Å²) in [6, 6.07) is -1.33. The predicted molar refractivity (Wildman–Crippen MR) is 52.4 cm³/mol. The fourth-order valence-corrected chi connectivity index (χ4v) is 2.38. The topological polar surface area (TPSA) is 118 Å². The van der Waals surface area contributed by atoms with Gasteiger partial charge in [-0.3, -0.25) is 10.1 Å². The number of nitrogens with two attached hydrogens (primary N) is 1. The minimum Gasteiger partial charge on any atom is -0.351 e. The van der Waals surface area contributed by atoms with Crippen molar-refractivity contribution in [3.63, 3.8) is 0 Å². The van der Waals surface area contributed by atoms with Crippen LogP contribution in [0.3, 0.4) is 0 Å². The molecule has 7 nitrogen and oxygen atoms in total. The van der Waals surface area contributed by atoms with Crippen molar-refractivity contribution in [3.8, 4) is 0 Å². The van der Waals surface area contributed by atoms with Crippen LogP contribution in [0.4, 0.5) is 4.79 Å². The number of sulfone groups is 1. The van der Waals surface area contributed by atoms with Crippen LogP contribution in [-0.4, -0.2) is 38.7 Å². The first kappa shape index (κ1) is 11.7. The molecule has 0 aromatic heterocycles. The molecule has 1 aliphatic rings. The van der Waals surface area contributed by atoms with E-state index in [1.165, 1.54) is 6.08 Å². The minimum absolute atomic E-state index is 0.0726. The predicted octanol–water partition coefficient (Wildman–Crippen LogP) is -1.92. The van der Waals surface area contributed by atoms with Crippen molar-refractivity contribution in [1.29, 1.82) is 0 Å². The minimum atomic E-state index is -3.13. The number of carbonyl (C=O) groups is 2. The smallest absolute Gasteiger partial charge is 0.318 e. The van der Waals surface area contributed by atoms with Gasteiger partial charge in [0.25, 0.3) is 0 Å². The van der Waals surface area contributed by atoms with Gasteiger partial charge in [0.05, 0.1) is 12.3 Å². The van der Waals surface area contributed by atoms with Crippen molar-refractivity contribution in [2.24, 2.45) is 5.73 Å². The lowest BCUT2D eigenvalue weighted by molar-refractivity contribution is -0.119. The van der Waals surface area contributed by atoms with Crippen LogP contribution in [0.1, 0.15) is 0 Å². The average molecular weight is 233 g/mol. The van der Waals surface area contributed by atoms with E-state index in [0.717, 1.165) is 5.41 Å². The van der Waals surface area contributed by atoms with Crippen LogP contribution in [0.25, 0.3) is 0 Å². The van der Waals surface area contributed by atoms with Gasteiger partial charge in [0.1, 0.15) is 0 Å². The Kier molecular flexibility index (Phi) is 3.43. The summed E-state index contributed by atoms with van der Waals surface area (Å²) in [5.41, 5.74) is 4.71. The summed E-state index contributed by atoms with van der Waals surface area (Å²) in [5, 5.41) is 5.60. The number of primary amides is 1. The number of hydrogen-bond acceptors (Lipinski definition) is 5. The van der Waals surface area contributed by atoms with Gasteiger partial charge in [0.15, 0.2) is 9.84 Å². The van der Waals surface area contributed by atoms with E-state index in [0.29, 0.717) is 0 Å². The number of hydrogen-bond donors (Lipinski definition) is 3. The zero-order valence-corrected chi connectivity index (χ0v) is 8.58. The van der Waals surface area contributed by atoms with E-state index in [-0.39, 0.29) is 12.3 Å². The van der Waals surface area contributed by atoms with Crippen LogP contribution in [0.2, 0.25) is 0 Å². The summed E-state index contributed by atoms with van der Waals surface area (Å²) in [7, 11) is -3.13. The molecule has 0 saturated carbocycles. The fraction of sp³-hybridized carbons (Fsp3) is 0.429. The van der Waals surface area contributed by atoms with E-state index in [2.05, 4.69) is 5.32 Å². The average Bonchev–Trinajstić information content (AvgIpc) is 2.41. The first-order valence-corrected chi connectivity index (χ1v) is 5.84. The Hall–Kier alpha value is -1.41. The Bertz CT molecular complexity index is 400. The van der Waals surface area contributed by atoms with E-state index in [4.69, 9.17) is 5.73 Å². The maximum absolute atomic E-state index is 11.0. The number of urea groups is 1. The maximum atomic E-state index is 11.0. The highest BCUT2D eigenvalue weighted by atomic mass is 32.2. The molecule has 3 amide bonds. The normalized spacial score (nSPS) is 22.5. The highest BCUT2D eigenvalue weighted by Gasteiger charge is 2.21. The molecule has 1 rings (SSSR count). The van der Waals surface area contributed by atoms with Crippen LogP contribution in [0.5, 0.6) is 0 Å². The molecule has 0 aromatic rings. The summed E-state index contributed by atoms with van der Waals surface area (Å²) in [6.45, 7) is -0.159. The Balaban J connectivity index is 2.31. The highest BCUT2D eigenvalue weighted by molar-refractivity contribution is 7.94. The molecule has 0 aliphatic carbocycles. The molecule has 0 saturated heterocycles. The second kappa shape index (κ2) is 4.41. The summed E-state index contributed by atoms with van der Waals surface area (Å²) in [6.07, 6.45) is 1.45. The number of amides is 3. The van der Waals surface area contributed by atoms with E-state index in [9.17, 15) is 18.0 Å². The molecule has 0 fully saturated rings. The van der Waals surface area contributed by atoms with Crippen LogP contribution in [0.15, 0.2) is 11.5 Å². The van der Waals surface area contributed by atoms with Gasteiger partial charge in [0.2, 0.25) is 5.91 Å². The number of rotatable bonds is 3. The Morgan fingerprint density at radius 2 is 2.13 bits per heavy atom. The lowest BCUT2D eigenvalue weighted by atomic mass is 10.3. The van der Waals surface area contributed by atoms with Gasteiger partial charge >= 0.3 is 6.03 Å². The Morgan fingerprint density at radius 3 is 2.60 bits per heavy atom. The number of carbonyl (C=O) groups excluding carboxylic acids is 2. The van der Waals surface area contributed by atoms with E-state index in [1.54, 1.807) is 0 Å². The third kappa shape index (κ3) is 4.09. The largest absolute Gasteiger partial charge is 0.351 e. The van der Waals surface area contributed by atoms with Crippen LogP contribution in [-0.2, 0) is 14.6 Å². The molecule has 1 atom stereocenters. The molecular formula is C7H11N3O4S. The van der Waals surface area contributed by atoms with Gasteiger partial charge < -0.3 is 11.1 Å². The molecule has 4 N–H and O–H groups in total. The molecule has 0 bridgehead atoms. The van der Waals surface area contributed by atoms with E-state index >= 15 is 0 Å². The lowest BCUT2D eigenvalue weighted by Crippen LogP contribution is -2.43. The van der Waals surface area contributed by atoms with Gasteiger partial charge in [-0.2, -0.15) is 0 Å². The molecule has 8 heteroatoms. The van der Waals surface area contributed by atoms with Crippen molar-refractivity contribution in [2.45, 2.75) is 6.04 Å². The van der Waals surface area contributed by atoms with Crippen molar-refractivity contribution >= 4 is 21.8 Å². The zero-order chi connectivity index (χ0) is 11.5. The zero-order valence-electron chi connectivity index (χ0n) is 7.76. The second-order valence-corrected chi connectivity index (χ2v) is 4.99. The van der Waals surface area contributed by atoms with Gasteiger partial charge in [-0.15, -0.1) is 0 Å². The van der Waals surface area contributed by atoms with Gasteiger partial charge in [-0.1, -0.05) is 6.08 Å². The molecule has 0 aromatic carbocycles. The Morgan fingerprint density at radius 1 is 1.47 bits per heavy atom. The van der Waals surface area contributed by atoms with Crippen LogP contribution >= 0.6 is 0 Å². The van der Waals surface area contributed by atoms with Crippen molar-refractivity contribution in [1.82, 2.24) is 10.6 Å². The standard InChI is InChI=1S/C7H11N3O4S/c8-7(12)10-6(11)3-9-5-1-2-15(13,14)4-5/h1-2,5,9H,3-4H2,(H3,8,10,11,12). The van der Waals surface area contributed by atoms with E-state index in [1.807, 2.05) is 5.32 Å². The maximum Gasteiger partial charge on any atom is 0.318 e. The lowest BCUT2D eigenvalue weighted by Gasteiger charge is -2.08. The van der Waals surface area contributed by atoms with Crippen molar-refractivity contribution in [2.75, 3.05) is 12.3 Å². The van der Waals surface area contributed by atoms with Crippen LogP contribution in [0, 0.1) is 0 Å². The summed E-state index contributed by atoms with van der Waals surface area (Å²) < 4.78 is 21.9. The Labute approximate surface area is 86.6 Å². The third-order valence-electron chi connectivity index (χ3n) is 1.72. The van der Waals surface area contributed by atoms with Crippen molar-refractivity contribution < 1.29 is 18.0 Å². The van der Waals surface area contributed by atoms with Gasteiger partial charge in [0, 0.05) is 11.4 Å². The molecule has 1 unspecified atom stereocenters. The monoisotopic (exact) mass is 233 g/mol. The summed E-state index contributed by atoms with van der Waals surface area (Å²) >= 11 is 0. The quantitative estimate of drug-likeness (QED) is 0.525. The first-order valence-electron chi connectivity index (χ1n) is 4.13. The SMILES string of the molecule is NC(=O)NC(=O)CNC1C=CS(=O)(=O)C1. The molecule has 84 valence electrons. The highest BCUT2D eigenvalue weighted by Crippen LogP contribution is 2.06. The van der Waals surface area contributed by atoms with E-state index < -0.39 is 27.8 Å². The van der Waals surface area contributed by atoms with Crippen LogP contribution < -0.4 is 16.4 Å². The van der Waals surface area contributed by atoms with Gasteiger partial charge in [-0.05, 0) is 0 Å². The number of imide groups is 1. The summed E-state index contributed by atoms with van der Waals surface area (Å²) in [5.74, 6) is -0.670. The third-order valence-corrected chi connectivity index (χ3v) is 3.11. The molecule has 1 aliphatic heterocycles. The number of nitrogens with one attached hydrogen (secondary N) is 2.